The molecule has 1 heterocycles. The molecular formula is C23H28N4O4. The van der Waals surface area contributed by atoms with Crippen LogP contribution in [0.3, 0.4) is 0 Å². The molecular weight excluding hydrogens is 396 g/mol. The maximum Gasteiger partial charge on any atom is 0.241 e. The van der Waals surface area contributed by atoms with E-state index in [9.17, 15) is 4.79 Å². The fourth-order valence-electron chi connectivity index (χ4n) is 3.12. The van der Waals surface area contributed by atoms with Gasteiger partial charge < -0.3 is 19.5 Å². The first-order valence-corrected chi connectivity index (χ1v) is 10.1. The maximum atomic E-state index is 12.3. The van der Waals surface area contributed by atoms with Gasteiger partial charge in [0.2, 0.25) is 5.91 Å². The summed E-state index contributed by atoms with van der Waals surface area (Å²) in [6.45, 7) is 4.53. The van der Waals surface area contributed by atoms with Crippen molar-refractivity contribution in [3.05, 3.63) is 54.2 Å². The van der Waals surface area contributed by atoms with Crippen LogP contribution in [0.4, 0.5) is 0 Å². The predicted octanol–water partition coefficient (Wildman–Crippen LogP) is 3.11. The van der Waals surface area contributed by atoms with Crippen molar-refractivity contribution < 1.29 is 19.0 Å². The summed E-state index contributed by atoms with van der Waals surface area (Å²) < 4.78 is 17.9. The van der Waals surface area contributed by atoms with Crippen LogP contribution in [0.25, 0.3) is 11.3 Å². The number of hydrogen-bond donors (Lipinski definition) is 1. The van der Waals surface area contributed by atoms with Crippen molar-refractivity contribution in [1.82, 2.24) is 20.3 Å². The van der Waals surface area contributed by atoms with E-state index in [1.165, 1.54) is 4.68 Å². The zero-order chi connectivity index (χ0) is 22.2. The van der Waals surface area contributed by atoms with Gasteiger partial charge in [-0.05, 0) is 50.1 Å². The number of para-hydroxylation sites is 1. The number of benzene rings is 2. The quantitative estimate of drug-likeness (QED) is 0.538. The van der Waals surface area contributed by atoms with E-state index in [0.29, 0.717) is 30.2 Å². The van der Waals surface area contributed by atoms with Crippen LogP contribution >= 0.6 is 0 Å². The number of amides is 1. The molecule has 31 heavy (non-hydrogen) atoms. The lowest BCUT2D eigenvalue weighted by Crippen LogP contribution is -2.29. The molecule has 8 heteroatoms. The summed E-state index contributed by atoms with van der Waals surface area (Å²) in [4.78, 5) is 12.3. The van der Waals surface area contributed by atoms with Gasteiger partial charge in [-0.3, -0.25) is 4.79 Å². The van der Waals surface area contributed by atoms with Gasteiger partial charge in [-0.25, -0.2) is 4.68 Å². The number of carbonyl (C=O) groups excluding carboxylic acids is 1. The largest absolute Gasteiger partial charge is 0.493 e. The van der Waals surface area contributed by atoms with Crippen LogP contribution in [-0.4, -0.2) is 47.8 Å². The van der Waals surface area contributed by atoms with Gasteiger partial charge >= 0.3 is 0 Å². The predicted molar refractivity (Wildman–Crippen MR) is 117 cm³/mol. The first-order chi connectivity index (χ1) is 15.0. The van der Waals surface area contributed by atoms with Crippen molar-refractivity contribution >= 4 is 5.91 Å². The summed E-state index contributed by atoms with van der Waals surface area (Å²) >= 11 is 0. The van der Waals surface area contributed by atoms with E-state index in [2.05, 4.69) is 15.6 Å². The molecule has 164 valence electrons. The Morgan fingerprint density at radius 2 is 1.84 bits per heavy atom. The van der Waals surface area contributed by atoms with Crippen LogP contribution in [0.2, 0.25) is 0 Å². The molecule has 0 saturated carbocycles. The van der Waals surface area contributed by atoms with Gasteiger partial charge in [0.15, 0.2) is 11.5 Å². The highest BCUT2D eigenvalue weighted by Crippen LogP contribution is 2.29. The molecule has 1 amide bonds. The molecule has 0 aliphatic rings. The Bertz CT molecular complexity index is 1020. The third-order valence-corrected chi connectivity index (χ3v) is 4.55. The molecule has 0 aliphatic heterocycles. The molecule has 1 N–H and O–H groups in total. The third-order valence-electron chi connectivity index (χ3n) is 4.55. The highest BCUT2D eigenvalue weighted by molar-refractivity contribution is 5.75. The highest BCUT2D eigenvalue weighted by atomic mass is 16.5. The second kappa shape index (κ2) is 10.5. The molecule has 0 unspecified atom stereocenters. The molecule has 8 nitrogen and oxygen atoms in total. The van der Waals surface area contributed by atoms with Crippen molar-refractivity contribution in [2.24, 2.45) is 0 Å². The average Bonchev–Trinajstić information content (AvgIpc) is 3.21. The number of aromatic nitrogens is 3. The molecule has 0 atom stereocenters. The molecule has 0 fully saturated rings. The second-order valence-corrected chi connectivity index (χ2v) is 7.25. The van der Waals surface area contributed by atoms with Crippen LogP contribution < -0.4 is 19.5 Å². The third kappa shape index (κ3) is 5.97. The van der Waals surface area contributed by atoms with E-state index in [1.807, 2.05) is 56.3 Å². The molecule has 1 aromatic heterocycles. The van der Waals surface area contributed by atoms with Gasteiger partial charge in [0, 0.05) is 12.1 Å². The average molecular weight is 425 g/mol. The molecule has 0 spiro atoms. The lowest BCUT2D eigenvalue weighted by Gasteiger charge is -2.12. The van der Waals surface area contributed by atoms with Crippen molar-refractivity contribution in [3.63, 3.8) is 0 Å². The SMILES string of the molecule is COc1ccc(CCNC(=O)Cn2cc(-c3ccccc3OC(C)C)nn2)cc1OC. The van der Waals surface area contributed by atoms with E-state index in [1.54, 1.807) is 20.4 Å². The molecule has 0 aliphatic carbocycles. The molecule has 2 aromatic carbocycles. The van der Waals surface area contributed by atoms with Gasteiger partial charge in [-0.2, -0.15) is 0 Å². The zero-order valence-electron chi connectivity index (χ0n) is 18.3. The normalized spacial score (nSPS) is 10.7. The molecule has 3 rings (SSSR count). The number of carbonyl (C=O) groups is 1. The first-order valence-electron chi connectivity index (χ1n) is 10.1. The Labute approximate surface area is 182 Å². The van der Waals surface area contributed by atoms with Crippen LogP contribution in [0.5, 0.6) is 17.2 Å². The number of hydrogen-bond acceptors (Lipinski definition) is 6. The Kier molecular flexibility index (Phi) is 7.48. The minimum Gasteiger partial charge on any atom is -0.493 e. The minimum absolute atomic E-state index is 0.0487. The summed E-state index contributed by atoms with van der Waals surface area (Å²) in [7, 11) is 3.20. The second-order valence-electron chi connectivity index (χ2n) is 7.25. The monoisotopic (exact) mass is 424 g/mol. The van der Waals surface area contributed by atoms with E-state index >= 15 is 0 Å². The minimum atomic E-state index is -0.136. The van der Waals surface area contributed by atoms with Crippen LogP contribution in [0, 0.1) is 0 Å². The fraction of sp³-hybridized carbons (Fsp3) is 0.348. The maximum absolute atomic E-state index is 12.3. The zero-order valence-corrected chi connectivity index (χ0v) is 18.3. The summed E-state index contributed by atoms with van der Waals surface area (Å²) in [5, 5.41) is 11.2. The Morgan fingerprint density at radius 3 is 2.58 bits per heavy atom. The lowest BCUT2D eigenvalue weighted by atomic mass is 10.1. The van der Waals surface area contributed by atoms with Crippen molar-refractivity contribution in [2.45, 2.75) is 32.9 Å². The Morgan fingerprint density at radius 1 is 1.06 bits per heavy atom. The first kappa shape index (κ1) is 22.1. The van der Waals surface area contributed by atoms with Crippen LogP contribution in [-0.2, 0) is 17.8 Å². The van der Waals surface area contributed by atoms with Gasteiger partial charge in [0.05, 0.1) is 26.5 Å². The van der Waals surface area contributed by atoms with Crippen LogP contribution in [0.1, 0.15) is 19.4 Å². The fourth-order valence-corrected chi connectivity index (χ4v) is 3.12. The van der Waals surface area contributed by atoms with E-state index in [0.717, 1.165) is 16.9 Å². The van der Waals surface area contributed by atoms with Gasteiger partial charge in [-0.15, -0.1) is 5.10 Å². The number of rotatable bonds is 10. The molecule has 0 bridgehead atoms. The topological polar surface area (TPSA) is 87.5 Å². The Hall–Kier alpha value is -3.55. The highest BCUT2D eigenvalue weighted by Gasteiger charge is 2.12. The lowest BCUT2D eigenvalue weighted by molar-refractivity contribution is -0.121. The van der Waals surface area contributed by atoms with Gasteiger partial charge in [0.1, 0.15) is 18.0 Å². The van der Waals surface area contributed by atoms with E-state index < -0.39 is 0 Å². The Balaban J connectivity index is 1.55. The standard InChI is InChI=1S/C23H28N4O4/c1-16(2)31-20-8-6-5-7-18(20)19-14-27(26-25-19)15-23(28)24-12-11-17-9-10-21(29-3)22(13-17)30-4/h5-10,13-14,16H,11-12,15H2,1-4H3,(H,24,28). The molecule has 3 aromatic rings. The number of nitrogens with one attached hydrogen (secondary N) is 1. The van der Waals surface area contributed by atoms with Gasteiger partial charge in [0.25, 0.3) is 0 Å². The van der Waals surface area contributed by atoms with Crippen molar-refractivity contribution in [3.8, 4) is 28.5 Å². The summed E-state index contributed by atoms with van der Waals surface area (Å²) in [5.74, 6) is 1.95. The van der Waals surface area contributed by atoms with E-state index in [4.69, 9.17) is 14.2 Å². The smallest absolute Gasteiger partial charge is 0.241 e. The number of methoxy groups -OCH3 is 2. The number of nitrogens with zero attached hydrogens (tertiary/aromatic N) is 3. The van der Waals surface area contributed by atoms with E-state index in [-0.39, 0.29) is 18.6 Å². The summed E-state index contributed by atoms with van der Waals surface area (Å²) in [6, 6.07) is 13.4. The van der Waals surface area contributed by atoms with Crippen molar-refractivity contribution in [1.29, 1.82) is 0 Å². The van der Waals surface area contributed by atoms with Gasteiger partial charge in [-0.1, -0.05) is 23.4 Å². The summed E-state index contributed by atoms with van der Waals surface area (Å²) in [6.07, 6.45) is 2.47. The summed E-state index contributed by atoms with van der Waals surface area (Å²) in [5.41, 5.74) is 2.55. The molecule has 0 saturated heterocycles. The van der Waals surface area contributed by atoms with Crippen LogP contribution in [0.15, 0.2) is 48.7 Å². The van der Waals surface area contributed by atoms with Crippen molar-refractivity contribution in [2.75, 3.05) is 20.8 Å². The number of ether oxygens (including phenoxy) is 3. The molecule has 0 radical (unpaired) electrons.